The number of nitrogens with one attached hydrogen (secondary N) is 1. The maximum atomic E-state index is 11.6. The summed E-state index contributed by atoms with van der Waals surface area (Å²) in [5.74, 6) is -0.163. The highest BCUT2D eigenvalue weighted by Crippen LogP contribution is 2.12. The normalized spacial score (nSPS) is 15.9. The number of hydrogen-bond donors (Lipinski definition) is 2. The molecule has 1 saturated heterocycles. The van der Waals surface area contributed by atoms with Crippen LogP contribution >= 0.6 is 0 Å². The summed E-state index contributed by atoms with van der Waals surface area (Å²) in [6.07, 6.45) is 0. The van der Waals surface area contributed by atoms with E-state index >= 15 is 0 Å². The second-order valence-electron chi connectivity index (χ2n) is 4.97. The number of rotatable bonds is 7. The monoisotopic (exact) mass is 293 g/mol. The molecule has 1 aromatic rings. The van der Waals surface area contributed by atoms with Gasteiger partial charge in [0.05, 0.1) is 19.8 Å². The Balaban J connectivity index is 1.77. The number of hydrogen-bond acceptors (Lipinski definition) is 5. The number of benzene rings is 1. The average Bonchev–Trinajstić information content (AvgIpc) is 2.51. The van der Waals surface area contributed by atoms with Crippen LogP contribution in [0.5, 0.6) is 0 Å². The number of amides is 1. The van der Waals surface area contributed by atoms with Gasteiger partial charge < -0.3 is 20.5 Å². The molecular weight excluding hydrogens is 270 g/mol. The van der Waals surface area contributed by atoms with E-state index in [0.717, 1.165) is 38.5 Å². The predicted molar refractivity (Wildman–Crippen MR) is 81.0 cm³/mol. The summed E-state index contributed by atoms with van der Waals surface area (Å²) in [6.45, 7) is 5.31. The second-order valence-corrected chi connectivity index (χ2v) is 4.97. The molecule has 21 heavy (non-hydrogen) atoms. The van der Waals surface area contributed by atoms with E-state index < -0.39 is 0 Å². The van der Waals surface area contributed by atoms with Gasteiger partial charge in [-0.15, -0.1) is 0 Å². The Bertz CT molecular complexity index is 430. The highest BCUT2D eigenvalue weighted by molar-refractivity contribution is 5.91. The summed E-state index contributed by atoms with van der Waals surface area (Å²) in [6, 6.07) is 7.89. The molecule has 1 heterocycles. The van der Waals surface area contributed by atoms with Crippen molar-refractivity contribution in [1.29, 1.82) is 0 Å². The molecule has 1 amide bonds. The van der Waals surface area contributed by atoms with Crippen molar-refractivity contribution < 1.29 is 14.3 Å². The quantitative estimate of drug-likeness (QED) is 0.713. The summed E-state index contributed by atoms with van der Waals surface area (Å²) in [5, 5.41) is 2.79. The lowest BCUT2D eigenvalue weighted by atomic mass is 10.2. The Kier molecular flexibility index (Phi) is 6.62. The fourth-order valence-corrected chi connectivity index (χ4v) is 2.16. The van der Waals surface area contributed by atoms with Gasteiger partial charge in [-0.3, -0.25) is 9.69 Å². The lowest BCUT2D eigenvalue weighted by molar-refractivity contribution is -0.120. The lowest BCUT2D eigenvalue weighted by Crippen LogP contribution is -2.35. The van der Waals surface area contributed by atoms with E-state index in [4.69, 9.17) is 15.2 Å². The summed E-state index contributed by atoms with van der Waals surface area (Å²) in [4.78, 5) is 13.9. The van der Waals surface area contributed by atoms with Crippen molar-refractivity contribution in [2.75, 3.05) is 51.4 Å². The zero-order chi connectivity index (χ0) is 14.9. The summed E-state index contributed by atoms with van der Waals surface area (Å²) < 4.78 is 10.4. The fraction of sp³-hybridized carbons (Fsp3) is 0.533. The Morgan fingerprint density at radius 3 is 2.67 bits per heavy atom. The van der Waals surface area contributed by atoms with Crippen LogP contribution in [0.2, 0.25) is 0 Å². The molecule has 0 saturated carbocycles. The SMILES string of the molecule is NCCOCC(=O)Nc1ccc(CN2CCOCC2)cc1. The largest absolute Gasteiger partial charge is 0.379 e. The standard InChI is InChI=1S/C15H23N3O3/c16-5-8-21-12-15(19)17-14-3-1-13(2-4-14)11-18-6-9-20-10-7-18/h1-4H,5-12,16H2,(H,17,19). The molecule has 0 aliphatic carbocycles. The zero-order valence-electron chi connectivity index (χ0n) is 12.2. The van der Waals surface area contributed by atoms with Crippen molar-refractivity contribution in [3.8, 4) is 0 Å². The summed E-state index contributed by atoms with van der Waals surface area (Å²) in [7, 11) is 0. The first kappa shape index (κ1) is 15.9. The topological polar surface area (TPSA) is 76.8 Å². The van der Waals surface area contributed by atoms with E-state index in [1.165, 1.54) is 5.56 Å². The summed E-state index contributed by atoms with van der Waals surface area (Å²) >= 11 is 0. The molecule has 0 bridgehead atoms. The van der Waals surface area contributed by atoms with Gasteiger partial charge in [0.1, 0.15) is 6.61 Å². The van der Waals surface area contributed by atoms with Gasteiger partial charge >= 0.3 is 0 Å². The van der Waals surface area contributed by atoms with Crippen LogP contribution in [0, 0.1) is 0 Å². The van der Waals surface area contributed by atoms with Crippen LogP contribution in [0.3, 0.4) is 0 Å². The van der Waals surface area contributed by atoms with Gasteiger partial charge in [-0.1, -0.05) is 12.1 Å². The van der Waals surface area contributed by atoms with E-state index in [0.29, 0.717) is 13.2 Å². The first-order valence-electron chi connectivity index (χ1n) is 7.24. The van der Waals surface area contributed by atoms with E-state index in [2.05, 4.69) is 10.2 Å². The van der Waals surface area contributed by atoms with Crippen LogP contribution in [-0.2, 0) is 20.8 Å². The number of carbonyl (C=O) groups is 1. The fourth-order valence-electron chi connectivity index (χ4n) is 2.16. The molecule has 1 fully saturated rings. The number of nitrogens with two attached hydrogens (primary N) is 1. The van der Waals surface area contributed by atoms with Crippen molar-refractivity contribution in [2.45, 2.75) is 6.54 Å². The molecule has 6 nitrogen and oxygen atoms in total. The number of carbonyl (C=O) groups excluding carboxylic acids is 1. The van der Waals surface area contributed by atoms with Crippen molar-refractivity contribution in [3.05, 3.63) is 29.8 Å². The molecule has 2 rings (SSSR count). The second kappa shape index (κ2) is 8.74. The first-order valence-corrected chi connectivity index (χ1v) is 7.24. The molecule has 0 spiro atoms. The molecule has 116 valence electrons. The van der Waals surface area contributed by atoms with Crippen LogP contribution in [0.4, 0.5) is 5.69 Å². The molecule has 0 radical (unpaired) electrons. The van der Waals surface area contributed by atoms with Gasteiger partial charge in [0.2, 0.25) is 5.91 Å². The van der Waals surface area contributed by atoms with Crippen LogP contribution in [0.15, 0.2) is 24.3 Å². The van der Waals surface area contributed by atoms with Crippen LogP contribution in [-0.4, -0.2) is 56.9 Å². The van der Waals surface area contributed by atoms with E-state index in [1.807, 2.05) is 24.3 Å². The van der Waals surface area contributed by atoms with Gasteiger partial charge in [0, 0.05) is 31.9 Å². The van der Waals surface area contributed by atoms with Gasteiger partial charge in [-0.2, -0.15) is 0 Å². The van der Waals surface area contributed by atoms with Gasteiger partial charge in [0.15, 0.2) is 0 Å². The molecule has 0 aromatic heterocycles. The lowest BCUT2D eigenvalue weighted by Gasteiger charge is -2.26. The van der Waals surface area contributed by atoms with Gasteiger partial charge in [-0.25, -0.2) is 0 Å². The third kappa shape index (κ3) is 5.81. The van der Waals surface area contributed by atoms with Gasteiger partial charge in [-0.05, 0) is 17.7 Å². The maximum absolute atomic E-state index is 11.6. The Hall–Kier alpha value is -1.47. The Labute approximate surface area is 125 Å². The van der Waals surface area contributed by atoms with E-state index in [-0.39, 0.29) is 12.5 Å². The van der Waals surface area contributed by atoms with Crippen molar-refractivity contribution in [2.24, 2.45) is 5.73 Å². The van der Waals surface area contributed by atoms with Crippen molar-refractivity contribution >= 4 is 11.6 Å². The molecule has 1 aromatic carbocycles. The molecule has 0 atom stereocenters. The van der Waals surface area contributed by atoms with E-state index in [9.17, 15) is 4.79 Å². The molecule has 3 N–H and O–H groups in total. The van der Waals surface area contributed by atoms with Gasteiger partial charge in [0.25, 0.3) is 0 Å². The number of nitrogens with zero attached hydrogens (tertiary/aromatic N) is 1. The highest BCUT2D eigenvalue weighted by Gasteiger charge is 2.10. The van der Waals surface area contributed by atoms with E-state index in [1.54, 1.807) is 0 Å². The molecule has 1 aliphatic heterocycles. The zero-order valence-corrected chi connectivity index (χ0v) is 12.2. The number of ether oxygens (including phenoxy) is 2. The average molecular weight is 293 g/mol. The van der Waals surface area contributed by atoms with Crippen molar-refractivity contribution in [1.82, 2.24) is 4.90 Å². The molecule has 1 aliphatic rings. The minimum Gasteiger partial charge on any atom is -0.379 e. The summed E-state index contributed by atoms with van der Waals surface area (Å²) in [5.41, 5.74) is 7.30. The highest BCUT2D eigenvalue weighted by atomic mass is 16.5. The first-order chi connectivity index (χ1) is 10.3. The Morgan fingerprint density at radius 2 is 2.00 bits per heavy atom. The van der Waals surface area contributed by atoms with Crippen LogP contribution < -0.4 is 11.1 Å². The molecule has 6 heteroatoms. The molecule has 0 unspecified atom stereocenters. The minimum atomic E-state index is -0.163. The van der Waals surface area contributed by atoms with Crippen LogP contribution in [0.25, 0.3) is 0 Å². The predicted octanol–water partition coefficient (Wildman–Crippen LogP) is 0.433. The minimum absolute atomic E-state index is 0.0345. The van der Waals surface area contributed by atoms with Crippen LogP contribution in [0.1, 0.15) is 5.56 Å². The third-order valence-electron chi connectivity index (χ3n) is 3.24. The third-order valence-corrected chi connectivity index (χ3v) is 3.24. The maximum Gasteiger partial charge on any atom is 0.250 e. The molecular formula is C15H23N3O3. The smallest absolute Gasteiger partial charge is 0.250 e. The van der Waals surface area contributed by atoms with Crippen molar-refractivity contribution in [3.63, 3.8) is 0 Å². The number of anilines is 1. The Morgan fingerprint density at radius 1 is 1.29 bits per heavy atom. The number of morpholine rings is 1.